The van der Waals surface area contributed by atoms with Gasteiger partial charge in [0.15, 0.2) is 0 Å². The van der Waals surface area contributed by atoms with Crippen molar-refractivity contribution in [1.29, 1.82) is 0 Å². The summed E-state index contributed by atoms with van der Waals surface area (Å²) in [5.74, 6) is 1.34. The average Bonchev–Trinajstić information content (AvgIpc) is 1.86. The Morgan fingerprint density at radius 2 is 2.00 bits per heavy atom. The zero-order valence-corrected chi connectivity index (χ0v) is 8.83. The molecule has 1 unspecified atom stereocenters. The van der Waals surface area contributed by atoms with Crippen LogP contribution in [0.2, 0.25) is 0 Å². The molecule has 0 aromatic rings. The second-order valence-corrected chi connectivity index (χ2v) is 4.34. The van der Waals surface area contributed by atoms with E-state index in [-0.39, 0.29) is 5.41 Å². The van der Waals surface area contributed by atoms with Gasteiger partial charge in [0, 0.05) is 5.88 Å². The standard InChI is InChI=1S/C10H19Cl/c1-8(2)6-10(5,7-11)9(3)4/h9H,1,6-7H2,2-5H3. The number of alkyl halides is 1. The molecule has 1 atom stereocenters. The Morgan fingerprint density at radius 3 is 2.09 bits per heavy atom. The van der Waals surface area contributed by atoms with E-state index in [1.807, 2.05) is 0 Å². The van der Waals surface area contributed by atoms with E-state index < -0.39 is 0 Å². The van der Waals surface area contributed by atoms with Crippen LogP contribution in [0.25, 0.3) is 0 Å². The van der Waals surface area contributed by atoms with Gasteiger partial charge in [-0.2, -0.15) is 0 Å². The highest BCUT2D eigenvalue weighted by Gasteiger charge is 2.26. The molecule has 0 bridgehead atoms. The van der Waals surface area contributed by atoms with Crippen molar-refractivity contribution in [1.82, 2.24) is 0 Å². The number of allylic oxidation sites excluding steroid dienone is 1. The van der Waals surface area contributed by atoms with Crippen molar-refractivity contribution in [3.05, 3.63) is 12.2 Å². The van der Waals surface area contributed by atoms with Crippen LogP contribution in [-0.2, 0) is 0 Å². The van der Waals surface area contributed by atoms with Gasteiger partial charge in [-0.3, -0.25) is 0 Å². The molecule has 1 heteroatoms. The van der Waals surface area contributed by atoms with Crippen LogP contribution in [0.1, 0.15) is 34.1 Å². The lowest BCUT2D eigenvalue weighted by molar-refractivity contribution is 0.253. The van der Waals surface area contributed by atoms with Crippen LogP contribution in [0.3, 0.4) is 0 Å². The Hall–Kier alpha value is 0.0300. The fourth-order valence-corrected chi connectivity index (χ4v) is 1.50. The minimum atomic E-state index is 0.230. The van der Waals surface area contributed by atoms with Gasteiger partial charge >= 0.3 is 0 Å². The van der Waals surface area contributed by atoms with Gasteiger partial charge in [0.25, 0.3) is 0 Å². The maximum atomic E-state index is 5.91. The quantitative estimate of drug-likeness (QED) is 0.449. The number of hydrogen-bond acceptors (Lipinski definition) is 0. The lowest BCUT2D eigenvalue weighted by Gasteiger charge is -2.31. The highest BCUT2D eigenvalue weighted by atomic mass is 35.5. The van der Waals surface area contributed by atoms with Crippen molar-refractivity contribution in [2.24, 2.45) is 11.3 Å². The molecule has 0 fully saturated rings. The molecule has 66 valence electrons. The van der Waals surface area contributed by atoms with Crippen molar-refractivity contribution in [3.8, 4) is 0 Å². The van der Waals surface area contributed by atoms with Crippen LogP contribution < -0.4 is 0 Å². The Morgan fingerprint density at radius 1 is 1.55 bits per heavy atom. The molecule has 0 aliphatic rings. The highest BCUT2D eigenvalue weighted by molar-refractivity contribution is 6.18. The topological polar surface area (TPSA) is 0 Å². The summed E-state index contributed by atoms with van der Waals surface area (Å²) in [6.07, 6.45) is 1.04. The van der Waals surface area contributed by atoms with Gasteiger partial charge in [0.1, 0.15) is 0 Å². The first kappa shape index (κ1) is 11.0. The summed E-state index contributed by atoms with van der Waals surface area (Å²) >= 11 is 5.91. The zero-order chi connectivity index (χ0) is 9.07. The van der Waals surface area contributed by atoms with Gasteiger partial charge in [0.2, 0.25) is 0 Å². The van der Waals surface area contributed by atoms with E-state index in [1.165, 1.54) is 5.57 Å². The smallest absolute Gasteiger partial charge is 0.0282 e. The van der Waals surface area contributed by atoms with Crippen LogP contribution in [0.4, 0.5) is 0 Å². The summed E-state index contributed by atoms with van der Waals surface area (Å²) in [5, 5.41) is 0. The van der Waals surface area contributed by atoms with E-state index >= 15 is 0 Å². The SMILES string of the molecule is C=C(C)CC(C)(CCl)C(C)C. The summed E-state index contributed by atoms with van der Waals surface area (Å²) in [6.45, 7) is 12.6. The molecular weight excluding hydrogens is 156 g/mol. The van der Waals surface area contributed by atoms with E-state index in [1.54, 1.807) is 0 Å². The summed E-state index contributed by atoms with van der Waals surface area (Å²) < 4.78 is 0. The first-order chi connectivity index (χ1) is 4.92. The molecule has 0 saturated carbocycles. The van der Waals surface area contributed by atoms with Gasteiger partial charge < -0.3 is 0 Å². The minimum Gasteiger partial charge on any atom is -0.126 e. The first-order valence-electron chi connectivity index (χ1n) is 4.12. The zero-order valence-electron chi connectivity index (χ0n) is 8.08. The first-order valence-corrected chi connectivity index (χ1v) is 4.66. The van der Waals surface area contributed by atoms with Crippen LogP contribution >= 0.6 is 11.6 Å². The van der Waals surface area contributed by atoms with E-state index in [0.29, 0.717) is 5.92 Å². The molecule has 0 nitrogen and oxygen atoms in total. The van der Waals surface area contributed by atoms with Gasteiger partial charge in [0.05, 0.1) is 0 Å². The molecule has 0 rings (SSSR count). The third-order valence-electron chi connectivity index (χ3n) is 2.40. The predicted molar refractivity (Wildman–Crippen MR) is 53.1 cm³/mol. The molecular formula is C10H19Cl. The molecule has 0 radical (unpaired) electrons. The third kappa shape index (κ3) is 3.29. The molecule has 0 aromatic heterocycles. The number of rotatable bonds is 4. The van der Waals surface area contributed by atoms with Crippen molar-refractivity contribution >= 4 is 11.6 Å². The highest BCUT2D eigenvalue weighted by Crippen LogP contribution is 2.34. The van der Waals surface area contributed by atoms with Gasteiger partial charge in [-0.05, 0) is 24.7 Å². The summed E-state index contributed by atoms with van der Waals surface area (Å²) in [7, 11) is 0. The second kappa shape index (κ2) is 4.15. The van der Waals surface area contributed by atoms with Crippen molar-refractivity contribution in [3.63, 3.8) is 0 Å². The van der Waals surface area contributed by atoms with E-state index in [9.17, 15) is 0 Å². The summed E-state index contributed by atoms with van der Waals surface area (Å²) in [4.78, 5) is 0. The van der Waals surface area contributed by atoms with Crippen molar-refractivity contribution < 1.29 is 0 Å². The normalized spacial score (nSPS) is 16.5. The molecule has 0 heterocycles. The summed E-state index contributed by atoms with van der Waals surface area (Å²) in [5.41, 5.74) is 1.45. The molecule has 11 heavy (non-hydrogen) atoms. The van der Waals surface area contributed by atoms with Crippen molar-refractivity contribution in [2.45, 2.75) is 34.1 Å². The van der Waals surface area contributed by atoms with Gasteiger partial charge in [-0.15, -0.1) is 18.2 Å². The predicted octanol–water partition coefficient (Wildman–Crippen LogP) is 3.85. The van der Waals surface area contributed by atoms with Crippen molar-refractivity contribution in [2.75, 3.05) is 5.88 Å². The largest absolute Gasteiger partial charge is 0.126 e. The summed E-state index contributed by atoms with van der Waals surface area (Å²) in [6, 6.07) is 0. The molecule has 0 aliphatic heterocycles. The fourth-order valence-electron chi connectivity index (χ4n) is 1.10. The second-order valence-electron chi connectivity index (χ2n) is 4.08. The Kier molecular flexibility index (Phi) is 4.17. The van der Waals surface area contributed by atoms with Crippen LogP contribution in [-0.4, -0.2) is 5.88 Å². The van der Waals surface area contributed by atoms with Crippen LogP contribution in [0.5, 0.6) is 0 Å². The molecule has 0 saturated heterocycles. The maximum Gasteiger partial charge on any atom is 0.0282 e. The monoisotopic (exact) mass is 174 g/mol. The van der Waals surface area contributed by atoms with E-state index in [2.05, 4.69) is 34.3 Å². The number of halogens is 1. The third-order valence-corrected chi connectivity index (χ3v) is 3.02. The molecule has 0 aliphatic carbocycles. The van der Waals surface area contributed by atoms with Crippen LogP contribution in [0.15, 0.2) is 12.2 Å². The Labute approximate surface area is 75.6 Å². The van der Waals surface area contributed by atoms with Crippen LogP contribution in [0, 0.1) is 11.3 Å². The molecule has 0 spiro atoms. The lowest BCUT2D eigenvalue weighted by Crippen LogP contribution is -2.25. The Bertz CT molecular complexity index is 138. The molecule has 0 aromatic carbocycles. The van der Waals surface area contributed by atoms with Gasteiger partial charge in [-0.1, -0.05) is 26.3 Å². The van der Waals surface area contributed by atoms with E-state index in [0.717, 1.165) is 12.3 Å². The maximum absolute atomic E-state index is 5.91. The number of hydrogen-bond donors (Lipinski definition) is 0. The Balaban J connectivity index is 4.22. The lowest BCUT2D eigenvalue weighted by atomic mass is 9.76. The van der Waals surface area contributed by atoms with Gasteiger partial charge in [-0.25, -0.2) is 0 Å². The molecule has 0 amide bonds. The minimum absolute atomic E-state index is 0.230. The van der Waals surface area contributed by atoms with E-state index in [4.69, 9.17) is 11.6 Å². The molecule has 0 N–H and O–H groups in total. The fraction of sp³-hybridized carbons (Fsp3) is 0.800. The average molecular weight is 175 g/mol.